The van der Waals surface area contributed by atoms with Crippen molar-refractivity contribution in [2.75, 3.05) is 12.4 Å². The molecule has 0 aliphatic carbocycles. The van der Waals surface area contributed by atoms with Crippen LogP contribution in [-0.4, -0.2) is 49.5 Å². The van der Waals surface area contributed by atoms with E-state index >= 15 is 0 Å². The van der Waals surface area contributed by atoms with Gasteiger partial charge in [-0.25, -0.2) is 9.79 Å². The largest absolute Gasteiger partial charge is 0.504 e. The molecule has 0 unspecified atom stereocenters. The zero-order valence-electron chi connectivity index (χ0n) is 20.6. The molecule has 1 aliphatic heterocycles. The van der Waals surface area contributed by atoms with Crippen molar-refractivity contribution in [2.45, 2.75) is 31.6 Å². The number of anilines is 1. The molecule has 3 aromatic rings. The number of thioether (sulfide) groups is 1. The van der Waals surface area contributed by atoms with Gasteiger partial charge < -0.3 is 25.6 Å². The van der Waals surface area contributed by atoms with Gasteiger partial charge in [-0.15, -0.1) is 0 Å². The van der Waals surface area contributed by atoms with Gasteiger partial charge in [0.15, 0.2) is 16.7 Å². The number of aromatic amines is 2. The summed E-state index contributed by atoms with van der Waals surface area (Å²) in [4.78, 5) is 58.1. The Labute approximate surface area is 220 Å². The number of benzene rings is 2. The third kappa shape index (κ3) is 5.72. The van der Waals surface area contributed by atoms with Crippen LogP contribution in [0.2, 0.25) is 0 Å². The number of carbonyl (C=O) groups excluding carboxylic acids is 2. The van der Waals surface area contributed by atoms with E-state index in [4.69, 9.17) is 4.74 Å². The van der Waals surface area contributed by atoms with Crippen LogP contribution >= 0.6 is 11.8 Å². The number of aryl methyl sites for hydroxylation is 2. The van der Waals surface area contributed by atoms with Crippen molar-refractivity contribution in [1.82, 2.24) is 15.3 Å². The van der Waals surface area contributed by atoms with Gasteiger partial charge in [0, 0.05) is 12.1 Å². The van der Waals surface area contributed by atoms with Crippen LogP contribution in [0.5, 0.6) is 17.4 Å². The second-order valence-electron chi connectivity index (χ2n) is 8.59. The lowest BCUT2D eigenvalue weighted by molar-refractivity contribution is -0.122. The van der Waals surface area contributed by atoms with Crippen LogP contribution in [0.15, 0.2) is 51.0 Å². The van der Waals surface area contributed by atoms with Crippen LogP contribution < -0.4 is 26.6 Å². The average molecular weight is 540 g/mol. The van der Waals surface area contributed by atoms with E-state index in [1.54, 1.807) is 6.07 Å². The molecule has 0 spiro atoms. The third-order valence-corrected chi connectivity index (χ3v) is 7.03. The minimum atomic E-state index is -1.21. The lowest BCUT2D eigenvalue weighted by Crippen LogP contribution is -2.29. The Bertz CT molecular complexity index is 1560. The van der Waals surface area contributed by atoms with Crippen LogP contribution in [0, 0.1) is 13.8 Å². The Morgan fingerprint density at radius 1 is 1.11 bits per heavy atom. The van der Waals surface area contributed by atoms with E-state index in [0.29, 0.717) is 11.3 Å². The van der Waals surface area contributed by atoms with E-state index in [1.165, 1.54) is 25.3 Å². The first-order chi connectivity index (χ1) is 18.0. The first kappa shape index (κ1) is 26.5. The number of aromatic hydroxyl groups is 2. The predicted molar refractivity (Wildman–Crippen MR) is 142 cm³/mol. The molecule has 4 rings (SSSR count). The molecule has 0 saturated carbocycles. The first-order valence-electron chi connectivity index (χ1n) is 11.4. The standard InChI is InChI=1S/C25H25N5O7S/c1-11-4-6-14(8-12(11)2)26-18(32)10-17-21(33)30-25(38-17)27-20(13-5-7-15(31)16(9-13)37-3)19-22(34)28-24(36)29-23(19)35/h4-9,17,20,31H,10H2,1-3H3,(H,26,32)(H,27,30,33)(H3,28,29,34,35,36)/t17-,20-/m0/s1. The molecule has 2 heterocycles. The van der Waals surface area contributed by atoms with Gasteiger partial charge in [0.2, 0.25) is 17.7 Å². The Kier molecular flexibility index (Phi) is 7.57. The fourth-order valence-electron chi connectivity index (χ4n) is 3.83. The number of methoxy groups -OCH3 is 1. The molecule has 38 heavy (non-hydrogen) atoms. The molecule has 1 fully saturated rings. The number of ether oxygens (including phenoxy) is 1. The summed E-state index contributed by atoms with van der Waals surface area (Å²) in [5.41, 5.74) is 0.923. The van der Waals surface area contributed by atoms with Gasteiger partial charge >= 0.3 is 5.69 Å². The zero-order valence-corrected chi connectivity index (χ0v) is 21.4. The highest BCUT2D eigenvalue weighted by molar-refractivity contribution is 8.15. The van der Waals surface area contributed by atoms with E-state index in [-0.39, 0.29) is 34.6 Å². The Hall–Kier alpha value is -4.52. The number of phenols is 1. The van der Waals surface area contributed by atoms with E-state index in [2.05, 4.69) is 20.6 Å². The molecule has 2 atom stereocenters. The molecule has 13 heteroatoms. The fourth-order valence-corrected chi connectivity index (χ4v) is 4.82. The van der Waals surface area contributed by atoms with Crippen molar-refractivity contribution in [1.29, 1.82) is 0 Å². The summed E-state index contributed by atoms with van der Waals surface area (Å²) in [7, 11) is 1.34. The Morgan fingerprint density at radius 2 is 1.87 bits per heavy atom. The number of H-pyrrole nitrogens is 2. The molecular formula is C25H25N5O7S. The number of rotatable bonds is 7. The van der Waals surface area contributed by atoms with Crippen LogP contribution in [0.3, 0.4) is 0 Å². The molecule has 12 nitrogen and oxygen atoms in total. The van der Waals surface area contributed by atoms with Gasteiger partial charge in [-0.05, 0) is 54.8 Å². The maximum Gasteiger partial charge on any atom is 0.328 e. The molecule has 2 aromatic carbocycles. The molecule has 1 saturated heterocycles. The monoisotopic (exact) mass is 539 g/mol. The lowest BCUT2D eigenvalue weighted by atomic mass is 10.0. The average Bonchev–Trinajstić information content (AvgIpc) is 3.18. The number of amides is 2. The van der Waals surface area contributed by atoms with Gasteiger partial charge in [0.25, 0.3) is 5.56 Å². The molecule has 1 aliphatic rings. The summed E-state index contributed by atoms with van der Waals surface area (Å²) >= 11 is 0.991. The predicted octanol–water partition coefficient (Wildman–Crippen LogP) is 1.81. The van der Waals surface area contributed by atoms with Crippen LogP contribution in [0.1, 0.15) is 34.7 Å². The third-order valence-electron chi connectivity index (χ3n) is 5.94. The van der Waals surface area contributed by atoms with Crippen molar-refractivity contribution in [3.05, 3.63) is 79.5 Å². The number of hydrogen-bond donors (Lipinski definition) is 6. The van der Waals surface area contributed by atoms with Crippen molar-refractivity contribution < 1.29 is 24.5 Å². The summed E-state index contributed by atoms with van der Waals surface area (Å²) in [6.45, 7) is 3.89. The van der Waals surface area contributed by atoms with Crippen LogP contribution in [0.25, 0.3) is 0 Å². The van der Waals surface area contributed by atoms with Crippen molar-refractivity contribution in [3.63, 3.8) is 0 Å². The van der Waals surface area contributed by atoms with E-state index in [0.717, 1.165) is 22.9 Å². The lowest BCUT2D eigenvalue weighted by Gasteiger charge is -2.16. The highest BCUT2D eigenvalue weighted by Crippen LogP contribution is 2.36. The summed E-state index contributed by atoms with van der Waals surface area (Å²) in [5, 5.41) is 25.0. The van der Waals surface area contributed by atoms with Crippen molar-refractivity contribution in [2.24, 2.45) is 4.99 Å². The summed E-state index contributed by atoms with van der Waals surface area (Å²) in [6.07, 6.45) is -0.134. The van der Waals surface area contributed by atoms with Crippen molar-refractivity contribution >= 4 is 34.4 Å². The number of nitrogens with zero attached hydrogens (tertiary/aromatic N) is 1. The molecule has 2 amide bonds. The molecular weight excluding hydrogens is 514 g/mol. The normalized spacial score (nSPS) is 16.8. The topological polar surface area (TPSA) is 186 Å². The number of aromatic nitrogens is 2. The summed E-state index contributed by atoms with van der Waals surface area (Å²) in [5.74, 6) is -1.61. The molecule has 0 radical (unpaired) electrons. The second-order valence-corrected chi connectivity index (χ2v) is 9.78. The summed E-state index contributed by atoms with van der Waals surface area (Å²) in [6, 6.07) is 8.47. The number of amidine groups is 1. The quantitative estimate of drug-likeness (QED) is 0.262. The smallest absolute Gasteiger partial charge is 0.328 e. The number of carbonyl (C=O) groups is 2. The van der Waals surface area contributed by atoms with Crippen LogP contribution in [0.4, 0.5) is 5.69 Å². The van der Waals surface area contributed by atoms with E-state index < -0.39 is 34.3 Å². The van der Waals surface area contributed by atoms with Gasteiger partial charge in [-0.3, -0.25) is 24.4 Å². The number of nitrogens with one attached hydrogen (secondary N) is 4. The number of phenolic OH excluding ortho intramolecular Hbond substituents is 1. The number of hydrogen-bond acceptors (Lipinski definition) is 9. The SMILES string of the molecule is COc1cc([C@H](N=C2NC(=O)[C@H](CC(=O)Nc3ccc(C)c(C)c3)S2)c2c(O)[nH]c(=O)[nH]c2=O)ccc1O. The van der Waals surface area contributed by atoms with Gasteiger partial charge in [-0.1, -0.05) is 23.9 Å². The van der Waals surface area contributed by atoms with Crippen LogP contribution in [-0.2, 0) is 9.59 Å². The zero-order chi connectivity index (χ0) is 27.6. The van der Waals surface area contributed by atoms with Gasteiger partial charge in [0.1, 0.15) is 16.9 Å². The first-order valence-corrected chi connectivity index (χ1v) is 12.3. The fraction of sp³-hybridized carbons (Fsp3) is 0.240. The van der Waals surface area contributed by atoms with E-state index in [1.807, 2.05) is 31.0 Å². The van der Waals surface area contributed by atoms with Gasteiger partial charge in [-0.2, -0.15) is 0 Å². The minimum absolute atomic E-state index is 0.0806. The molecule has 198 valence electrons. The van der Waals surface area contributed by atoms with E-state index in [9.17, 15) is 29.4 Å². The highest BCUT2D eigenvalue weighted by Gasteiger charge is 2.34. The Balaban J connectivity index is 1.62. The molecule has 6 N–H and O–H groups in total. The van der Waals surface area contributed by atoms with Gasteiger partial charge in [0.05, 0.1) is 7.11 Å². The highest BCUT2D eigenvalue weighted by atomic mass is 32.2. The molecule has 1 aromatic heterocycles. The minimum Gasteiger partial charge on any atom is -0.504 e. The van der Waals surface area contributed by atoms with Crippen molar-refractivity contribution in [3.8, 4) is 17.4 Å². The summed E-state index contributed by atoms with van der Waals surface area (Å²) < 4.78 is 5.14. The maximum absolute atomic E-state index is 12.6. The second kappa shape index (κ2) is 10.8. The maximum atomic E-state index is 12.6. The molecule has 0 bridgehead atoms. The Morgan fingerprint density at radius 3 is 2.55 bits per heavy atom. The number of aliphatic imine (C=N–C) groups is 1.